The van der Waals surface area contributed by atoms with Crippen molar-refractivity contribution in [2.45, 2.75) is 46.0 Å². The molecule has 24 heavy (non-hydrogen) atoms. The molecule has 0 radical (unpaired) electrons. The van der Waals surface area contributed by atoms with Gasteiger partial charge in [0.1, 0.15) is 5.65 Å². The lowest BCUT2D eigenvalue weighted by molar-refractivity contribution is 0.590. The average Bonchev–Trinajstić information content (AvgIpc) is 2.94. The van der Waals surface area contributed by atoms with Crippen LogP contribution in [0.25, 0.3) is 16.9 Å². The maximum atomic E-state index is 5.98. The zero-order valence-corrected chi connectivity index (χ0v) is 15.3. The van der Waals surface area contributed by atoms with E-state index in [1.807, 2.05) is 0 Å². The molecule has 126 valence electrons. The van der Waals surface area contributed by atoms with Crippen LogP contribution in [0.5, 0.6) is 0 Å². The molecule has 2 N–H and O–H groups in total. The fraction of sp³-hybridized carbons (Fsp3) is 0.381. The maximum absolute atomic E-state index is 5.98. The van der Waals surface area contributed by atoms with Crippen molar-refractivity contribution >= 4 is 5.65 Å². The van der Waals surface area contributed by atoms with Crippen LogP contribution in [0.1, 0.15) is 50.4 Å². The molecule has 0 aliphatic heterocycles. The molecule has 0 bridgehead atoms. The number of hydrogen-bond acceptors (Lipinski definition) is 2. The molecule has 1 unspecified atom stereocenters. The predicted octanol–water partition coefficient (Wildman–Crippen LogP) is 4.67. The van der Waals surface area contributed by atoms with Gasteiger partial charge in [0, 0.05) is 24.2 Å². The van der Waals surface area contributed by atoms with Crippen molar-refractivity contribution in [2.75, 3.05) is 6.54 Å². The van der Waals surface area contributed by atoms with Crippen LogP contribution in [-0.2, 0) is 5.41 Å². The molecular formula is C21H27N3. The Labute approximate surface area is 144 Å². The van der Waals surface area contributed by atoms with E-state index in [0.717, 1.165) is 16.9 Å². The Bertz CT molecular complexity index is 851. The van der Waals surface area contributed by atoms with Crippen LogP contribution < -0.4 is 5.73 Å². The van der Waals surface area contributed by atoms with Gasteiger partial charge in [-0.2, -0.15) is 0 Å². The highest BCUT2D eigenvalue weighted by molar-refractivity contribution is 5.69. The van der Waals surface area contributed by atoms with E-state index in [1.165, 1.54) is 16.8 Å². The van der Waals surface area contributed by atoms with Gasteiger partial charge >= 0.3 is 0 Å². The number of fused-ring (bicyclic) bond motifs is 1. The molecule has 0 saturated heterocycles. The first-order valence-electron chi connectivity index (χ1n) is 8.61. The Hall–Kier alpha value is -2.13. The van der Waals surface area contributed by atoms with Crippen LogP contribution >= 0.6 is 0 Å². The Morgan fingerprint density at radius 3 is 2.38 bits per heavy atom. The molecule has 3 rings (SSSR count). The summed E-state index contributed by atoms with van der Waals surface area (Å²) in [6.45, 7) is 11.6. The molecule has 1 atom stereocenters. The van der Waals surface area contributed by atoms with Gasteiger partial charge in [0.2, 0.25) is 0 Å². The number of nitrogens with zero attached hydrogens (tertiary/aromatic N) is 2. The van der Waals surface area contributed by atoms with E-state index in [9.17, 15) is 0 Å². The maximum Gasteiger partial charge on any atom is 0.140 e. The van der Waals surface area contributed by atoms with E-state index in [4.69, 9.17) is 10.7 Å². The summed E-state index contributed by atoms with van der Waals surface area (Å²) in [4.78, 5) is 4.95. The van der Waals surface area contributed by atoms with Gasteiger partial charge in [-0.1, -0.05) is 58.0 Å². The van der Waals surface area contributed by atoms with Gasteiger partial charge < -0.3 is 10.1 Å². The van der Waals surface area contributed by atoms with Crippen molar-refractivity contribution in [1.82, 2.24) is 9.38 Å². The summed E-state index contributed by atoms with van der Waals surface area (Å²) in [5.74, 6) is 0.249. The van der Waals surface area contributed by atoms with E-state index < -0.39 is 0 Å². The van der Waals surface area contributed by atoms with Gasteiger partial charge in [-0.3, -0.25) is 0 Å². The third-order valence-electron chi connectivity index (χ3n) is 4.73. The number of aryl methyl sites for hydroxylation is 1. The normalized spacial score (nSPS) is 13.4. The summed E-state index contributed by atoms with van der Waals surface area (Å²) >= 11 is 0. The molecule has 3 aromatic rings. The number of imidazole rings is 1. The molecule has 0 saturated carbocycles. The molecule has 0 fully saturated rings. The third kappa shape index (κ3) is 2.84. The number of benzene rings is 1. The summed E-state index contributed by atoms with van der Waals surface area (Å²) < 4.78 is 2.19. The molecule has 0 aliphatic carbocycles. The highest BCUT2D eigenvalue weighted by atomic mass is 15.0. The summed E-state index contributed by atoms with van der Waals surface area (Å²) in [6, 6.07) is 13.0. The Morgan fingerprint density at radius 1 is 1.12 bits per heavy atom. The average molecular weight is 321 g/mol. The van der Waals surface area contributed by atoms with Gasteiger partial charge in [0.05, 0.1) is 11.4 Å². The minimum absolute atomic E-state index is 0.154. The minimum atomic E-state index is 0.154. The van der Waals surface area contributed by atoms with E-state index in [-0.39, 0.29) is 11.3 Å². The number of hydrogen-bond donors (Lipinski definition) is 1. The van der Waals surface area contributed by atoms with Crippen molar-refractivity contribution in [3.63, 3.8) is 0 Å². The monoisotopic (exact) mass is 321 g/mol. The SMILES string of the molecule is Cc1cccn2c(C(C)CN)c(-c3ccc(C(C)(C)C)cc3)nc12. The quantitative estimate of drug-likeness (QED) is 0.762. The molecule has 0 amide bonds. The fourth-order valence-corrected chi connectivity index (χ4v) is 3.15. The Balaban J connectivity index is 2.20. The van der Waals surface area contributed by atoms with Crippen molar-refractivity contribution < 1.29 is 0 Å². The van der Waals surface area contributed by atoms with Gasteiger partial charge in [-0.15, -0.1) is 0 Å². The minimum Gasteiger partial charge on any atom is -0.330 e. The summed E-state index contributed by atoms with van der Waals surface area (Å²) in [5, 5.41) is 0. The van der Waals surface area contributed by atoms with Crippen LogP contribution in [0, 0.1) is 6.92 Å². The van der Waals surface area contributed by atoms with Gasteiger partial charge in [-0.05, 0) is 29.5 Å². The highest BCUT2D eigenvalue weighted by Gasteiger charge is 2.20. The first-order valence-corrected chi connectivity index (χ1v) is 8.61. The molecular weight excluding hydrogens is 294 g/mol. The lowest BCUT2D eigenvalue weighted by Crippen LogP contribution is -2.12. The zero-order valence-electron chi connectivity index (χ0n) is 15.3. The Kier molecular flexibility index (Phi) is 4.22. The van der Waals surface area contributed by atoms with Crippen molar-refractivity contribution in [3.05, 3.63) is 59.4 Å². The summed E-state index contributed by atoms with van der Waals surface area (Å²) in [7, 11) is 0. The van der Waals surface area contributed by atoms with Crippen LogP contribution in [0.2, 0.25) is 0 Å². The van der Waals surface area contributed by atoms with E-state index in [2.05, 4.69) is 81.6 Å². The lowest BCUT2D eigenvalue weighted by atomic mass is 9.86. The predicted molar refractivity (Wildman–Crippen MR) is 102 cm³/mol. The second kappa shape index (κ2) is 6.06. The second-order valence-electron chi connectivity index (χ2n) is 7.69. The first kappa shape index (κ1) is 16.7. The molecule has 0 aliphatic rings. The smallest absolute Gasteiger partial charge is 0.140 e. The number of rotatable bonds is 3. The third-order valence-corrected chi connectivity index (χ3v) is 4.73. The number of nitrogens with two attached hydrogens (primary N) is 1. The van der Waals surface area contributed by atoms with Crippen LogP contribution in [0.3, 0.4) is 0 Å². The molecule has 2 heterocycles. The standard InChI is InChI=1S/C21H27N3/c1-14-7-6-12-24-19(15(2)13-22)18(23-20(14)24)16-8-10-17(11-9-16)21(3,4)5/h6-12,15H,13,22H2,1-5H3. The molecule has 2 aromatic heterocycles. The van der Waals surface area contributed by atoms with Gasteiger partial charge in [-0.25, -0.2) is 4.98 Å². The van der Waals surface area contributed by atoms with Crippen LogP contribution in [-0.4, -0.2) is 15.9 Å². The highest BCUT2D eigenvalue weighted by Crippen LogP contribution is 2.32. The van der Waals surface area contributed by atoms with Crippen LogP contribution in [0.15, 0.2) is 42.6 Å². The van der Waals surface area contributed by atoms with Crippen molar-refractivity contribution in [2.24, 2.45) is 5.73 Å². The summed E-state index contributed by atoms with van der Waals surface area (Å²) in [5.41, 5.74) is 13.1. The van der Waals surface area contributed by atoms with E-state index >= 15 is 0 Å². The van der Waals surface area contributed by atoms with Crippen molar-refractivity contribution in [3.8, 4) is 11.3 Å². The first-order chi connectivity index (χ1) is 11.3. The largest absolute Gasteiger partial charge is 0.330 e. The number of pyridine rings is 1. The molecule has 1 aromatic carbocycles. The van der Waals surface area contributed by atoms with E-state index in [1.54, 1.807) is 0 Å². The van der Waals surface area contributed by atoms with Gasteiger partial charge in [0.15, 0.2) is 0 Å². The topological polar surface area (TPSA) is 43.3 Å². The molecule has 3 nitrogen and oxygen atoms in total. The second-order valence-corrected chi connectivity index (χ2v) is 7.69. The Morgan fingerprint density at radius 2 is 1.79 bits per heavy atom. The summed E-state index contributed by atoms with van der Waals surface area (Å²) in [6.07, 6.45) is 2.09. The zero-order chi connectivity index (χ0) is 17.5. The van der Waals surface area contributed by atoms with Gasteiger partial charge in [0.25, 0.3) is 0 Å². The van der Waals surface area contributed by atoms with E-state index in [0.29, 0.717) is 6.54 Å². The lowest BCUT2D eigenvalue weighted by Gasteiger charge is -2.19. The fourth-order valence-electron chi connectivity index (χ4n) is 3.15. The number of aromatic nitrogens is 2. The van der Waals surface area contributed by atoms with Crippen molar-refractivity contribution in [1.29, 1.82) is 0 Å². The molecule has 3 heteroatoms. The van der Waals surface area contributed by atoms with Crippen LogP contribution in [0.4, 0.5) is 0 Å². The molecule has 0 spiro atoms.